The molecular formula is C16H17BrN2O4. The minimum atomic E-state index is -0.457. The molecule has 122 valence electrons. The molecule has 6 nitrogen and oxygen atoms in total. The highest BCUT2D eigenvalue weighted by Gasteiger charge is 2.18. The SMILES string of the molecule is COc1cc(/C=C(\C#N)C(=O)NC[C@@H]2CCCO2)c(Br)cc1O. The summed E-state index contributed by atoms with van der Waals surface area (Å²) in [5.74, 6) is -0.226. The molecule has 1 aliphatic heterocycles. The van der Waals surface area contributed by atoms with Crippen molar-refractivity contribution in [2.75, 3.05) is 20.3 Å². The molecule has 0 radical (unpaired) electrons. The molecule has 1 heterocycles. The lowest BCUT2D eigenvalue weighted by Crippen LogP contribution is -2.32. The molecule has 0 aliphatic carbocycles. The number of benzene rings is 1. The van der Waals surface area contributed by atoms with Gasteiger partial charge < -0.3 is 19.9 Å². The van der Waals surface area contributed by atoms with Gasteiger partial charge >= 0.3 is 0 Å². The Balaban J connectivity index is 2.14. The van der Waals surface area contributed by atoms with Crippen LogP contribution in [-0.4, -0.2) is 37.4 Å². The number of phenolic OH excluding ortho intramolecular Hbond substituents is 1. The number of carbonyl (C=O) groups excluding carboxylic acids is 1. The second-order valence-corrected chi connectivity index (χ2v) is 5.91. The Morgan fingerprint density at radius 2 is 2.43 bits per heavy atom. The number of halogens is 1. The fourth-order valence-electron chi connectivity index (χ4n) is 2.24. The summed E-state index contributed by atoms with van der Waals surface area (Å²) >= 11 is 3.29. The summed E-state index contributed by atoms with van der Waals surface area (Å²) in [6.07, 6.45) is 3.35. The first-order valence-electron chi connectivity index (χ1n) is 7.13. The molecule has 1 saturated heterocycles. The minimum Gasteiger partial charge on any atom is -0.504 e. The quantitative estimate of drug-likeness (QED) is 0.604. The normalized spacial score (nSPS) is 17.6. The average Bonchev–Trinajstić information content (AvgIpc) is 3.05. The molecule has 2 rings (SSSR count). The number of phenols is 1. The maximum Gasteiger partial charge on any atom is 0.262 e. The highest BCUT2D eigenvalue weighted by Crippen LogP contribution is 2.33. The Labute approximate surface area is 142 Å². The number of methoxy groups -OCH3 is 1. The number of hydrogen-bond acceptors (Lipinski definition) is 5. The van der Waals surface area contributed by atoms with Gasteiger partial charge in [-0.15, -0.1) is 0 Å². The van der Waals surface area contributed by atoms with Crippen LogP contribution >= 0.6 is 15.9 Å². The Morgan fingerprint density at radius 1 is 1.65 bits per heavy atom. The van der Waals surface area contributed by atoms with E-state index in [0.717, 1.165) is 12.8 Å². The van der Waals surface area contributed by atoms with E-state index in [2.05, 4.69) is 21.2 Å². The summed E-state index contributed by atoms with van der Waals surface area (Å²) < 4.78 is 11.0. The number of nitriles is 1. The van der Waals surface area contributed by atoms with Gasteiger partial charge in [-0.05, 0) is 36.6 Å². The Kier molecular flexibility index (Phi) is 6.02. The van der Waals surface area contributed by atoms with Gasteiger partial charge in [-0.2, -0.15) is 5.26 Å². The van der Waals surface area contributed by atoms with Crippen LogP contribution in [-0.2, 0) is 9.53 Å². The second kappa shape index (κ2) is 7.99. The molecule has 1 aliphatic rings. The number of nitrogens with one attached hydrogen (secondary N) is 1. The average molecular weight is 381 g/mol. The Hall–Kier alpha value is -2.04. The van der Waals surface area contributed by atoms with E-state index in [0.29, 0.717) is 23.2 Å². The van der Waals surface area contributed by atoms with Crippen molar-refractivity contribution in [3.05, 3.63) is 27.7 Å². The second-order valence-electron chi connectivity index (χ2n) is 5.06. The van der Waals surface area contributed by atoms with Crippen LogP contribution in [0.25, 0.3) is 6.08 Å². The maximum absolute atomic E-state index is 12.1. The number of aromatic hydroxyl groups is 1. The first-order valence-corrected chi connectivity index (χ1v) is 7.92. The van der Waals surface area contributed by atoms with E-state index in [1.54, 1.807) is 6.07 Å². The Morgan fingerprint density at radius 3 is 3.04 bits per heavy atom. The third-order valence-electron chi connectivity index (χ3n) is 3.48. The molecule has 0 spiro atoms. The number of carbonyl (C=O) groups is 1. The zero-order chi connectivity index (χ0) is 16.8. The molecule has 23 heavy (non-hydrogen) atoms. The highest BCUT2D eigenvalue weighted by atomic mass is 79.9. The predicted octanol–water partition coefficient (Wildman–Crippen LogP) is 2.37. The molecule has 7 heteroatoms. The lowest BCUT2D eigenvalue weighted by Gasteiger charge is -2.10. The van der Waals surface area contributed by atoms with E-state index in [4.69, 9.17) is 9.47 Å². The van der Waals surface area contributed by atoms with E-state index in [1.165, 1.54) is 19.3 Å². The third-order valence-corrected chi connectivity index (χ3v) is 4.16. The summed E-state index contributed by atoms with van der Waals surface area (Å²) in [4.78, 5) is 12.1. The first kappa shape index (κ1) is 17.3. The standard InChI is InChI=1S/C16H17BrN2O4/c1-22-15-6-10(13(17)7-14(15)20)5-11(8-18)16(21)19-9-12-3-2-4-23-12/h5-7,12,20H,2-4,9H2,1H3,(H,19,21)/b11-5+/t12-/m0/s1. The van der Waals surface area contributed by atoms with Gasteiger partial charge in [0.05, 0.1) is 13.2 Å². The first-order chi connectivity index (χ1) is 11.0. The van der Waals surface area contributed by atoms with Gasteiger partial charge in [-0.3, -0.25) is 4.79 Å². The highest BCUT2D eigenvalue weighted by molar-refractivity contribution is 9.10. The van der Waals surface area contributed by atoms with Gasteiger partial charge in [0.15, 0.2) is 11.5 Å². The van der Waals surface area contributed by atoms with Crippen LogP contribution in [0, 0.1) is 11.3 Å². The third kappa shape index (κ3) is 4.47. The van der Waals surface area contributed by atoms with Crippen molar-refractivity contribution in [2.45, 2.75) is 18.9 Å². The molecule has 0 unspecified atom stereocenters. The molecule has 1 fully saturated rings. The molecule has 1 aromatic rings. The molecule has 1 amide bonds. The molecule has 1 atom stereocenters. The lowest BCUT2D eigenvalue weighted by atomic mass is 10.1. The van der Waals surface area contributed by atoms with Gasteiger partial charge in [-0.1, -0.05) is 15.9 Å². The zero-order valence-corrected chi connectivity index (χ0v) is 14.2. The van der Waals surface area contributed by atoms with Gasteiger partial charge in [0.1, 0.15) is 11.6 Å². The van der Waals surface area contributed by atoms with Crippen LogP contribution < -0.4 is 10.1 Å². The van der Waals surface area contributed by atoms with Crippen molar-refractivity contribution < 1.29 is 19.4 Å². The fourth-order valence-corrected chi connectivity index (χ4v) is 2.69. The molecular weight excluding hydrogens is 364 g/mol. The zero-order valence-electron chi connectivity index (χ0n) is 12.6. The van der Waals surface area contributed by atoms with Gasteiger partial charge in [0.2, 0.25) is 0 Å². The van der Waals surface area contributed by atoms with Crippen molar-refractivity contribution in [1.29, 1.82) is 5.26 Å². The molecule has 0 aromatic heterocycles. The molecule has 0 bridgehead atoms. The summed E-state index contributed by atoms with van der Waals surface area (Å²) in [6.45, 7) is 1.10. The van der Waals surface area contributed by atoms with Crippen molar-refractivity contribution in [3.8, 4) is 17.6 Å². The predicted molar refractivity (Wildman–Crippen MR) is 87.9 cm³/mol. The van der Waals surface area contributed by atoms with Crippen molar-refractivity contribution in [2.24, 2.45) is 0 Å². The number of amides is 1. The topological polar surface area (TPSA) is 91.6 Å². The fraction of sp³-hybridized carbons (Fsp3) is 0.375. The van der Waals surface area contributed by atoms with Crippen LogP contribution in [0.1, 0.15) is 18.4 Å². The lowest BCUT2D eigenvalue weighted by molar-refractivity contribution is -0.117. The van der Waals surface area contributed by atoms with E-state index >= 15 is 0 Å². The van der Waals surface area contributed by atoms with Gasteiger partial charge in [0, 0.05) is 17.6 Å². The summed E-state index contributed by atoms with van der Waals surface area (Å²) in [6, 6.07) is 4.88. The number of nitrogens with zero attached hydrogens (tertiary/aromatic N) is 1. The summed E-state index contributed by atoms with van der Waals surface area (Å²) in [5, 5.41) is 21.6. The van der Waals surface area contributed by atoms with Crippen molar-refractivity contribution in [1.82, 2.24) is 5.32 Å². The van der Waals surface area contributed by atoms with Gasteiger partial charge in [-0.25, -0.2) is 0 Å². The number of rotatable bonds is 5. The van der Waals surface area contributed by atoms with E-state index in [1.807, 2.05) is 6.07 Å². The van der Waals surface area contributed by atoms with Crippen molar-refractivity contribution >= 4 is 27.9 Å². The molecule has 2 N–H and O–H groups in total. The van der Waals surface area contributed by atoms with E-state index in [-0.39, 0.29) is 23.2 Å². The molecule has 0 saturated carbocycles. The van der Waals surface area contributed by atoms with Crippen LogP contribution in [0.3, 0.4) is 0 Å². The monoisotopic (exact) mass is 380 g/mol. The van der Waals surface area contributed by atoms with Crippen LogP contribution in [0.5, 0.6) is 11.5 Å². The van der Waals surface area contributed by atoms with Crippen LogP contribution in [0.2, 0.25) is 0 Å². The van der Waals surface area contributed by atoms with E-state index in [9.17, 15) is 15.2 Å². The van der Waals surface area contributed by atoms with Crippen LogP contribution in [0.4, 0.5) is 0 Å². The smallest absolute Gasteiger partial charge is 0.262 e. The number of hydrogen-bond donors (Lipinski definition) is 2. The van der Waals surface area contributed by atoms with Gasteiger partial charge in [0.25, 0.3) is 5.91 Å². The largest absolute Gasteiger partial charge is 0.504 e. The maximum atomic E-state index is 12.1. The summed E-state index contributed by atoms with van der Waals surface area (Å²) in [7, 11) is 1.43. The minimum absolute atomic E-state index is 0.0133. The molecule has 1 aromatic carbocycles. The summed E-state index contributed by atoms with van der Waals surface area (Å²) in [5.41, 5.74) is 0.528. The number of ether oxygens (including phenoxy) is 2. The van der Waals surface area contributed by atoms with Crippen molar-refractivity contribution in [3.63, 3.8) is 0 Å². The van der Waals surface area contributed by atoms with Crippen LogP contribution in [0.15, 0.2) is 22.2 Å². The Bertz CT molecular complexity index is 661. The van der Waals surface area contributed by atoms with E-state index < -0.39 is 5.91 Å².